The summed E-state index contributed by atoms with van der Waals surface area (Å²) in [5.41, 5.74) is 2.44. The molecule has 2 aromatic carbocycles. The fourth-order valence-electron chi connectivity index (χ4n) is 3.11. The van der Waals surface area contributed by atoms with Crippen molar-refractivity contribution in [2.24, 2.45) is 0 Å². The molecule has 0 bridgehead atoms. The number of nitrogens with zero attached hydrogens (tertiary/aromatic N) is 1. The molecule has 3 rings (SSSR count). The van der Waals surface area contributed by atoms with E-state index in [4.69, 9.17) is 0 Å². The summed E-state index contributed by atoms with van der Waals surface area (Å²) >= 11 is 0. The molecule has 2 unspecified atom stereocenters. The van der Waals surface area contributed by atoms with Gasteiger partial charge in [-0.15, -0.1) is 12.4 Å². The average molecular weight is 278 g/mol. The lowest BCUT2D eigenvalue weighted by Crippen LogP contribution is -2.37. The van der Waals surface area contributed by atoms with Crippen LogP contribution in [0.4, 0.5) is 0 Å². The Morgan fingerprint density at radius 2 is 1.84 bits per heavy atom. The number of halogens is 1. The fourth-order valence-corrected chi connectivity index (χ4v) is 3.11. The number of fused-ring (bicyclic) bond motifs is 3. The Bertz CT molecular complexity index is 582. The maximum Gasteiger partial charge on any atom is 0.0947 e. The lowest BCUT2D eigenvalue weighted by Gasteiger charge is -2.35. The van der Waals surface area contributed by atoms with E-state index in [2.05, 4.69) is 41.3 Å². The van der Waals surface area contributed by atoms with Gasteiger partial charge in [0.15, 0.2) is 0 Å². The van der Waals surface area contributed by atoms with Gasteiger partial charge in [0.25, 0.3) is 0 Å². The number of benzene rings is 2. The molecule has 1 N–H and O–H groups in total. The Labute approximate surface area is 120 Å². The van der Waals surface area contributed by atoms with Crippen molar-refractivity contribution in [2.75, 3.05) is 14.1 Å². The first-order valence-corrected chi connectivity index (χ1v) is 6.53. The van der Waals surface area contributed by atoms with Crippen molar-refractivity contribution in [1.29, 1.82) is 0 Å². The molecule has 0 saturated carbocycles. The highest BCUT2D eigenvalue weighted by Gasteiger charge is 2.29. The molecular weight excluding hydrogens is 258 g/mol. The van der Waals surface area contributed by atoms with Crippen LogP contribution in [0.2, 0.25) is 0 Å². The normalized spacial score (nSPS) is 22.1. The van der Waals surface area contributed by atoms with Crippen LogP contribution >= 0.6 is 12.4 Å². The molecule has 19 heavy (non-hydrogen) atoms. The molecule has 0 aromatic heterocycles. The Morgan fingerprint density at radius 1 is 1.11 bits per heavy atom. The van der Waals surface area contributed by atoms with Crippen LogP contribution in [-0.4, -0.2) is 30.1 Å². The summed E-state index contributed by atoms with van der Waals surface area (Å²) < 4.78 is 0. The van der Waals surface area contributed by atoms with E-state index in [1.807, 2.05) is 14.1 Å². The van der Waals surface area contributed by atoms with Gasteiger partial charge in [0.1, 0.15) is 0 Å². The van der Waals surface area contributed by atoms with Crippen LogP contribution in [0.25, 0.3) is 10.8 Å². The summed E-state index contributed by atoms with van der Waals surface area (Å²) in [4.78, 5) is 2.13. The third kappa shape index (κ3) is 2.36. The molecule has 102 valence electrons. The third-order valence-electron chi connectivity index (χ3n) is 4.11. The van der Waals surface area contributed by atoms with E-state index in [1.165, 1.54) is 16.3 Å². The minimum atomic E-state index is -0.367. The molecule has 1 aliphatic rings. The van der Waals surface area contributed by atoms with Gasteiger partial charge in [-0.3, -0.25) is 0 Å². The van der Waals surface area contributed by atoms with Gasteiger partial charge >= 0.3 is 0 Å². The van der Waals surface area contributed by atoms with Crippen LogP contribution in [0, 0.1) is 0 Å². The van der Waals surface area contributed by atoms with Gasteiger partial charge in [-0.1, -0.05) is 36.4 Å². The number of rotatable bonds is 1. The van der Waals surface area contributed by atoms with E-state index in [0.29, 0.717) is 0 Å². The van der Waals surface area contributed by atoms with E-state index in [1.54, 1.807) is 0 Å². The van der Waals surface area contributed by atoms with Gasteiger partial charge in [-0.2, -0.15) is 0 Å². The van der Waals surface area contributed by atoms with Crippen molar-refractivity contribution in [3.8, 4) is 0 Å². The van der Waals surface area contributed by atoms with Gasteiger partial charge in [-0.05, 0) is 48.8 Å². The first-order valence-electron chi connectivity index (χ1n) is 6.53. The first kappa shape index (κ1) is 14.3. The Hall–Kier alpha value is -1.09. The number of aliphatic hydroxyl groups excluding tert-OH is 1. The maximum absolute atomic E-state index is 10.5. The molecular formula is C16H20ClNO. The van der Waals surface area contributed by atoms with Gasteiger partial charge in [0, 0.05) is 6.04 Å². The largest absolute Gasteiger partial charge is 0.387 e. The second-order valence-corrected chi connectivity index (χ2v) is 5.37. The first-order chi connectivity index (χ1) is 8.68. The molecule has 0 amide bonds. The van der Waals surface area contributed by atoms with Crippen molar-refractivity contribution in [3.63, 3.8) is 0 Å². The zero-order valence-electron chi connectivity index (χ0n) is 11.3. The van der Waals surface area contributed by atoms with E-state index in [0.717, 1.165) is 18.4 Å². The van der Waals surface area contributed by atoms with Crippen molar-refractivity contribution in [2.45, 2.75) is 25.0 Å². The number of aryl methyl sites for hydroxylation is 1. The van der Waals surface area contributed by atoms with E-state index in [-0.39, 0.29) is 24.6 Å². The summed E-state index contributed by atoms with van der Waals surface area (Å²) in [6.07, 6.45) is 1.71. The van der Waals surface area contributed by atoms with E-state index >= 15 is 0 Å². The predicted molar refractivity (Wildman–Crippen MR) is 82.0 cm³/mol. The minimum Gasteiger partial charge on any atom is -0.387 e. The van der Waals surface area contributed by atoms with Crippen LogP contribution in [-0.2, 0) is 6.42 Å². The number of hydrogen-bond acceptors (Lipinski definition) is 2. The van der Waals surface area contributed by atoms with Crippen LogP contribution in [0.1, 0.15) is 23.7 Å². The van der Waals surface area contributed by atoms with Crippen molar-refractivity contribution in [3.05, 3.63) is 47.5 Å². The highest BCUT2D eigenvalue weighted by molar-refractivity contribution is 5.87. The SMILES string of the molecule is CN(C)C1CCc2c(ccc3ccccc23)C1O.Cl. The van der Waals surface area contributed by atoms with Crippen molar-refractivity contribution in [1.82, 2.24) is 4.90 Å². The summed E-state index contributed by atoms with van der Waals surface area (Å²) in [6, 6.07) is 12.9. The van der Waals surface area contributed by atoms with Crippen molar-refractivity contribution < 1.29 is 5.11 Å². The molecule has 0 spiro atoms. The predicted octanol–water partition coefficient (Wildman–Crippen LogP) is 3.17. The van der Waals surface area contributed by atoms with Gasteiger partial charge in [-0.25, -0.2) is 0 Å². The molecule has 0 heterocycles. The zero-order chi connectivity index (χ0) is 12.7. The van der Waals surface area contributed by atoms with Crippen molar-refractivity contribution >= 4 is 23.2 Å². The minimum absolute atomic E-state index is 0. The van der Waals surface area contributed by atoms with Crippen LogP contribution in [0.5, 0.6) is 0 Å². The number of likely N-dealkylation sites (N-methyl/N-ethyl adjacent to an activating group) is 1. The van der Waals surface area contributed by atoms with Gasteiger partial charge in [0.05, 0.1) is 6.10 Å². The standard InChI is InChI=1S/C16H19NO.ClH/c1-17(2)15-10-9-13-12-6-4-3-5-11(12)7-8-14(13)16(15)18;/h3-8,15-16,18H,9-10H2,1-2H3;1H. The zero-order valence-corrected chi connectivity index (χ0v) is 12.2. The Morgan fingerprint density at radius 3 is 2.58 bits per heavy atom. The molecule has 0 saturated heterocycles. The highest BCUT2D eigenvalue weighted by Crippen LogP contribution is 2.36. The Kier molecular flexibility index (Phi) is 4.14. The lowest BCUT2D eigenvalue weighted by molar-refractivity contribution is 0.0631. The van der Waals surface area contributed by atoms with Crippen LogP contribution in [0.15, 0.2) is 36.4 Å². The monoisotopic (exact) mass is 277 g/mol. The second-order valence-electron chi connectivity index (χ2n) is 5.37. The smallest absolute Gasteiger partial charge is 0.0947 e. The molecule has 2 nitrogen and oxygen atoms in total. The van der Waals surface area contributed by atoms with Gasteiger partial charge in [0.2, 0.25) is 0 Å². The summed E-state index contributed by atoms with van der Waals surface area (Å²) in [6.45, 7) is 0. The number of aliphatic hydroxyl groups is 1. The van der Waals surface area contributed by atoms with Crippen LogP contribution in [0.3, 0.4) is 0 Å². The fraction of sp³-hybridized carbons (Fsp3) is 0.375. The molecule has 0 aliphatic heterocycles. The summed E-state index contributed by atoms with van der Waals surface area (Å²) in [5.74, 6) is 0. The van der Waals surface area contributed by atoms with E-state index < -0.39 is 0 Å². The third-order valence-corrected chi connectivity index (χ3v) is 4.11. The molecule has 0 fully saturated rings. The molecule has 2 aromatic rings. The molecule has 0 radical (unpaired) electrons. The Balaban J connectivity index is 0.00000133. The summed E-state index contributed by atoms with van der Waals surface area (Å²) in [7, 11) is 4.08. The molecule has 1 aliphatic carbocycles. The maximum atomic E-state index is 10.5. The average Bonchev–Trinajstić information content (AvgIpc) is 2.38. The lowest BCUT2D eigenvalue weighted by atomic mass is 9.82. The number of hydrogen-bond donors (Lipinski definition) is 1. The topological polar surface area (TPSA) is 23.5 Å². The molecule has 2 atom stereocenters. The quantitative estimate of drug-likeness (QED) is 0.865. The molecule has 3 heteroatoms. The van der Waals surface area contributed by atoms with E-state index in [9.17, 15) is 5.11 Å². The van der Waals surface area contributed by atoms with Crippen LogP contribution < -0.4 is 0 Å². The highest BCUT2D eigenvalue weighted by atomic mass is 35.5. The summed E-state index contributed by atoms with van der Waals surface area (Å²) in [5, 5.41) is 13.1. The second kappa shape index (κ2) is 5.49. The van der Waals surface area contributed by atoms with Gasteiger partial charge < -0.3 is 10.0 Å².